The fourth-order valence-electron chi connectivity index (χ4n) is 2.69. The Morgan fingerprint density at radius 3 is 2.45 bits per heavy atom. The highest BCUT2D eigenvalue weighted by molar-refractivity contribution is 7.10. The molecule has 0 aliphatic carbocycles. The number of benzene rings is 2. The average molecular weight is 407 g/mol. The minimum absolute atomic E-state index is 0.196. The van der Waals surface area contributed by atoms with Gasteiger partial charge in [0.25, 0.3) is 11.8 Å². The molecule has 0 bridgehead atoms. The summed E-state index contributed by atoms with van der Waals surface area (Å²) in [6.07, 6.45) is 1.68. The minimum Gasteiger partial charge on any atom is -0.497 e. The molecule has 2 N–H and O–H groups in total. The Kier molecular flexibility index (Phi) is 6.81. The molecule has 5 nitrogen and oxygen atoms in total. The predicted molar refractivity (Wildman–Crippen MR) is 116 cm³/mol. The highest BCUT2D eigenvalue weighted by Gasteiger charge is 2.15. The number of nitrogens with one attached hydrogen (secondary N) is 2. The molecular weight excluding hydrogens is 384 g/mol. The van der Waals surface area contributed by atoms with E-state index in [4.69, 9.17) is 4.74 Å². The van der Waals surface area contributed by atoms with Crippen LogP contribution in [0.2, 0.25) is 0 Å². The Morgan fingerprint density at radius 1 is 1.03 bits per heavy atom. The van der Waals surface area contributed by atoms with Crippen molar-refractivity contribution in [1.82, 2.24) is 10.6 Å². The molecule has 3 aromatic rings. The van der Waals surface area contributed by atoms with Gasteiger partial charge < -0.3 is 15.4 Å². The molecule has 1 heterocycles. The van der Waals surface area contributed by atoms with Gasteiger partial charge in [0.15, 0.2) is 0 Å². The lowest BCUT2D eigenvalue weighted by Gasteiger charge is -2.12. The number of carbonyl (C=O) groups is 2. The quantitative estimate of drug-likeness (QED) is 0.579. The standard InChI is InChI=1S/C23H22N2O3S/c1-16-6-3-4-7-18(16)15-24-23(27)21(14-20-8-5-13-29-20)25-22(26)17-9-11-19(28-2)12-10-17/h3-14H,15H2,1-2H3,(H,24,27)(H,25,26)/b21-14-. The van der Waals surface area contributed by atoms with E-state index in [0.717, 1.165) is 16.0 Å². The van der Waals surface area contributed by atoms with E-state index in [1.165, 1.54) is 11.3 Å². The molecular formula is C23H22N2O3S. The SMILES string of the molecule is COc1ccc(C(=O)N/C(=C\c2cccs2)C(=O)NCc2ccccc2C)cc1. The van der Waals surface area contributed by atoms with Crippen molar-refractivity contribution in [3.8, 4) is 5.75 Å². The van der Waals surface area contributed by atoms with Crippen molar-refractivity contribution in [3.05, 3.63) is 93.3 Å². The maximum atomic E-state index is 12.8. The maximum absolute atomic E-state index is 12.8. The average Bonchev–Trinajstić information content (AvgIpc) is 3.25. The van der Waals surface area contributed by atoms with Crippen molar-refractivity contribution >= 4 is 29.2 Å². The first-order chi connectivity index (χ1) is 14.1. The van der Waals surface area contributed by atoms with E-state index < -0.39 is 0 Å². The van der Waals surface area contributed by atoms with Gasteiger partial charge in [-0.25, -0.2) is 0 Å². The van der Waals surface area contributed by atoms with Gasteiger partial charge in [0.05, 0.1) is 7.11 Å². The lowest BCUT2D eigenvalue weighted by atomic mass is 10.1. The van der Waals surface area contributed by atoms with Crippen molar-refractivity contribution in [2.75, 3.05) is 7.11 Å². The zero-order valence-corrected chi connectivity index (χ0v) is 17.1. The van der Waals surface area contributed by atoms with Crippen LogP contribution in [0.15, 0.2) is 71.7 Å². The monoisotopic (exact) mass is 406 g/mol. The number of thiophene rings is 1. The Balaban J connectivity index is 1.76. The molecule has 1 aromatic heterocycles. The summed E-state index contributed by atoms with van der Waals surface area (Å²) in [6.45, 7) is 2.38. The van der Waals surface area contributed by atoms with Gasteiger partial charge in [0.1, 0.15) is 11.4 Å². The molecule has 0 spiro atoms. The van der Waals surface area contributed by atoms with Crippen LogP contribution in [0.4, 0.5) is 0 Å². The number of ether oxygens (including phenoxy) is 1. The van der Waals surface area contributed by atoms with E-state index in [1.807, 2.05) is 48.7 Å². The normalized spacial score (nSPS) is 11.0. The van der Waals surface area contributed by atoms with Crippen LogP contribution in [0.1, 0.15) is 26.4 Å². The second-order valence-electron chi connectivity index (χ2n) is 6.37. The van der Waals surface area contributed by atoms with Crippen molar-refractivity contribution in [2.24, 2.45) is 0 Å². The first-order valence-corrected chi connectivity index (χ1v) is 9.98. The number of carbonyl (C=O) groups excluding carboxylic acids is 2. The Labute approximate surface area is 174 Å². The molecule has 29 heavy (non-hydrogen) atoms. The van der Waals surface area contributed by atoms with Crippen LogP contribution in [0.25, 0.3) is 6.08 Å². The van der Waals surface area contributed by atoms with Crippen molar-refractivity contribution in [1.29, 1.82) is 0 Å². The van der Waals surface area contributed by atoms with E-state index >= 15 is 0 Å². The van der Waals surface area contributed by atoms with E-state index in [-0.39, 0.29) is 17.5 Å². The summed E-state index contributed by atoms with van der Waals surface area (Å²) < 4.78 is 5.12. The summed E-state index contributed by atoms with van der Waals surface area (Å²) in [4.78, 5) is 26.3. The maximum Gasteiger partial charge on any atom is 0.268 e. The van der Waals surface area contributed by atoms with Crippen molar-refractivity contribution in [3.63, 3.8) is 0 Å². The molecule has 0 saturated carbocycles. The van der Waals surface area contributed by atoms with Crippen molar-refractivity contribution in [2.45, 2.75) is 13.5 Å². The molecule has 0 saturated heterocycles. The molecule has 6 heteroatoms. The zero-order valence-electron chi connectivity index (χ0n) is 16.3. The fourth-order valence-corrected chi connectivity index (χ4v) is 3.35. The topological polar surface area (TPSA) is 67.4 Å². The number of aryl methyl sites for hydroxylation is 1. The Morgan fingerprint density at radius 2 is 1.79 bits per heavy atom. The molecule has 0 fully saturated rings. The number of hydrogen-bond acceptors (Lipinski definition) is 4. The summed E-state index contributed by atoms with van der Waals surface area (Å²) in [5.41, 5.74) is 2.76. The predicted octanol–water partition coefficient (Wildman–Crippen LogP) is 4.15. The Hall–Kier alpha value is -3.38. The summed E-state index contributed by atoms with van der Waals surface area (Å²) in [5, 5.41) is 7.54. The van der Waals surface area contributed by atoms with Gasteiger partial charge in [-0.05, 0) is 59.8 Å². The number of amides is 2. The van der Waals surface area contributed by atoms with Gasteiger partial charge in [-0.1, -0.05) is 30.3 Å². The molecule has 2 aromatic carbocycles. The van der Waals surface area contributed by atoms with Crippen LogP contribution in [0.3, 0.4) is 0 Å². The molecule has 0 unspecified atom stereocenters. The van der Waals surface area contributed by atoms with Crippen LogP contribution in [-0.2, 0) is 11.3 Å². The van der Waals surface area contributed by atoms with E-state index in [9.17, 15) is 9.59 Å². The molecule has 148 valence electrons. The van der Waals surface area contributed by atoms with Crippen LogP contribution in [0.5, 0.6) is 5.75 Å². The van der Waals surface area contributed by atoms with Crippen LogP contribution in [0, 0.1) is 6.92 Å². The molecule has 0 radical (unpaired) electrons. The highest BCUT2D eigenvalue weighted by atomic mass is 32.1. The molecule has 0 aliphatic heterocycles. The first kappa shape index (κ1) is 20.4. The molecule has 0 aliphatic rings. The minimum atomic E-state index is -0.360. The lowest BCUT2D eigenvalue weighted by Crippen LogP contribution is -2.34. The van der Waals surface area contributed by atoms with E-state index in [0.29, 0.717) is 17.9 Å². The molecule has 3 rings (SSSR count). The van der Waals surface area contributed by atoms with Crippen LogP contribution in [-0.4, -0.2) is 18.9 Å². The third kappa shape index (κ3) is 5.56. The van der Waals surface area contributed by atoms with Crippen molar-refractivity contribution < 1.29 is 14.3 Å². The third-order valence-corrected chi connectivity index (χ3v) is 5.19. The van der Waals surface area contributed by atoms with E-state index in [1.54, 1.807) is 37.5 Å². The second-order valence-corrected chi connectivity index (χ2v) is 7.34. The van der Waals surface area contributed by atoms with E-state index in [2.05, 4.69) is 10.6 Å². The lowest BCUT2D eigenvalue weighted by molar-refractivity contribution is -0.117. The largest absolute Gasteiger partial charge is 0.497 e. The van der Waals surface area contributed by atoms with Gasteiger partial charge in [0.2, 0.25) is 0 Å². The summed E-state index contributed by atoms with van der Waals surface area (Å²) >= 11 is 1.49. The fraction of sp³-hybridized carbons (Fsp3) is 0.130. The summed E-state index contributed by atoms with van der Waals surface area (Å²) in [7, 11) is 1.57. The van der Waals surface area contributed by atoms with Gasteiger partial charge in [-0.2, -0.15) is 0 Å². The number of methoxy groups -OCH3 is 1. The summed E-state index contributed by atoms with van der Waals surface area (Å²) in [6, 6.07) is 18.4. The number of rotatable bonds is 7. The second kappa shape index (κ2) is 9.71. The molecule has 2 amide bonds. The Bertz CT molecular complexity index is 1010. The third-order valence-electron chi connectivity index (χ3n) is 4.38. The van der Waals surface area contributed by atoms with Crippen LogP contribution >= 0.6 is 11.3 Å². The molecule has 0 atom stereocenters. The first-order valence-electron chi connectivity index (χ1n) is 9.10. The number of hydrogen-bond donors (Lipinski definition) is 2. The van der Waals surface area contributed by atoms with Gasteiger partial charge in [-0.15, -0.1) is 11.3 Å². The summed E-state index contributed by atoms with van der Waals surface area (Å²) in [5.74, 6) is -0.0445. The van der Waals surface area contributed by atoms with Crippen LogP contribution < -0.4 is 15.4 Å². The highest BCUT2D eigenvalue weighted by Crippen LogP contribution is 2.15. The van der Waals surface area contributed by atoms with Gasteiger partial charge in [-0.3, -0.25) is 9.59 Å². The smallest absolute Gasteiger partial charge is 0.268 e. The van der Waals surface area contributed by atoms with Gasteiger partial charge >= 0.3 is 0 Å². The zero-order chi connectivity index (χ0) is 20.6. The van der Waals surface area contributed by atoms with Gasteiger partial charge in [0, 0.05) is 17.0 Å².